The van der Waals surface area contributed by atoms with Gasteiger partial charge in [-0.05, 0) is 29.8 Å². The highest BCUT2D eigenvalue weighted by atomic mass is 16.5. The molecule has 0 aliphatic rings. The predicted molar refractivity (Wildman–Crippen MR) is 74.9 cm³/mol. The van der Waals surface area contributed by atoms with Crippen LogP contribution in [0.25, 0.3) is 11.3 Å². The molecule has 0 bridgehead atoms. The van der Waals surface area contributed by atoms with E-state index in [-0.39, 0.29) is 0 Å². The Hall–Kier alpha value is -2.48. The normalized spacial score (nSPS) is 10.3. The maximum Gasteiger partial charge on any atom is 0.133 e. The molecule has 94 valence electrons. The van der Waals surface area contributed by atoms with Gasteiger partial charge in [0.1, 0.15) is 18.1 Å². The van der Waals surface area contributed by atoms with Crippen LogP contribution in [0.2, 0.25) is 0 Å². The van der Waals surface area contributed by atoms with E-state index < -0.39 is 0 Å². The molecule has 2 nitrogen and oxygen atoms in total. The maximum absolute atomic E-state index is 5.79. The Labute approximate surface area is 112 Å². The lowest BCUT2D eigenvalue weighted by Crippen LogP contribution is -1.94. The molecule has 0 N–H and O–H groups in total. The topological polar surface area (TPSA) is 22.4 Å². The Bertz CT molecular complexity index is 627. The van der Waals surface area contributed by atoms with Crippen LogP contribution in [0.15, 0.2) is 77.4 Å². The SMILES string of the molecule is c1ccc(COc2cccc(-c3ccco3)c2)cc1. The van der Waals surface area contributed by atoms with E-state index in [2.05, 4.69) is 12.1 Å². The Morgan fingerprint density at radius 2 is 1.74 bits per heavy atom. The van der Waals surface area contributed by atoms with Gasteiger partial charge in [-0.1, -0.05) is 42.5 Å². The van der Waals surface area contributed by atoms with E-state index in [0.29, 0.717) is 6.61 Å². The van der Waals surface area contributed by atoms with Gasteiger partial charge < -0.3 is 9.15 Å². The third-order valence-corrected chi connectivity index (χ3v) is 2.89. The first-order valence-electron chi connectivity index (χ1n) is 6.22. The van der Waals surface area contributed by atoms with Gasteiger partial charge in [-0.2, -0.15) is 0 Å². The van der Waals surface area contributed by atoms with Gasteiger partial charge in [0.2, 0.25) is 0 Å². The van der Waals surface area contributed by atoms with Crippen LogP contribution >= 0.6 is 0 Å². The molecule has 0 aliphatic heterocycles. The van der Waals surface area contributed by atoms with E-state index in [1.54, 1.807) is 6.26 Å². The first-order chi connectivity index (χ1) is 9.42. The molecule has 0 saturated carbocycles. The lowest BCUT2D eigenvalue weighted by molar-refractivity contribution is 0.306. The Morgan fingerprint density at radius 1 is 0.842 bits per heavy atom. The number of furan rings is 1. The molecule has 0 unspecified atom stereocenters. The monoisotopic (exact) mass is 250 g/mol. The largest absolute Gasteiger partial charge is 0.489 e. The van der Waals surface area contributed by atoms with Crippen molar-refractivity contribution >= 4 is 0 Å². The quantitative estimate of drug-likeness (QED) is 0.679. The first kappa shape index (κ1) is 11.6. The summed E-state index contributed by atoms with van der Waals surface area (Å²) in [6.45, 7) is 0.572. The zero-order chi connectivity index (χ0) is 12.9. The van der Waals surface area contributed by atoms with Crippen LogP contribution in [0.4, 0.5) is 0 Å². The lowest BCUT2D eigenvalue weighted by atomic mass is 10.1. The summed E-state index contributed by atoms with van der Waals surface area (Å²) in [5.74, 6) is 1.70. The third-order valence-electron chi connectivity index (χ3n) is 2.89. The summed E-state index contributed by atoms with van der Waals surface area (Å²) in [5.41, 5.74) is 2.18. The summed E-state index contributed by atoms with van der Waals surface area (Å²) in [7, 11) is 0. The molecule has 0 aliphatic carbocycles. The van der Waals surface area contributed by atoms with E-state index >= 15 is 0 Å². The fourth-order valence-corrected chi connectivity index (χ4v) is 1.92. The molecule has 3 aromatic rings. The van der Waals surface area contributed by atoms with Crippen molar-refractivity contribution in [3.8, 4) is 17.1 Å². The predicted octanol–water partition coefficient (Wildman–Crippen LogP) is 4.53. The van der Waals surface area contributed by atoms with Gasteiger partial charge in [0.15, 0.2) is 0 Å². The van der Waals surface area contributed by atoms with Crippen molar-refractivity contribution in [1.29, 1.82) is 0 Å². The molecule has 3 rings (SSSR count). The Kier molecular flexibility index (Phi) is 3.32. The number of benzene rings is 2. The summed E-state index contributed by atoms with van der Waals surface area (Å²) >= 11 is 0. The summed E-state index contributed by atoms with van der Waals surface area (Å²) in [6.07, 6.45) is 1.67. The smallest absolute Gasteiger partial charge is 0.133 e. The van der Waals surface area contributed by atoms with E-state index in [0.717, 1.165) is 22.6 Å². The molecule has 1 heterocycles. The van der Waals surface area contributed by atoms with Crippen LogP contribution in [0.1, 0.15) is 5.56 Å². The molecule has 19 heavy (non-hydrogen) atoms. The van der Waals surface area contributed by atoms with Gasteiger partial charge in [0.25, 0.3) is 0 Å². The summed E-state index contributed by atoms with van der Waals surface area (Å²) < 4.78 is 11.2. The minimum Gasteiger partial charge on any atom is -0.489 e. The second kappa shape index (κ2) is 5.44. The summed E-state index contributed by atoms with van der Waals surface area (Å²) in [6, 6.07) is 21.9. The van der Waals surface area contributed by atoms with Crippen molar-refractivity contribution < 1.29 is 9.15 Å². The van der Waals surface area contributed by atoms with Crippen molar-refractivity contribution in [2.45, 2.75) is 6.61 Å². The highest BCUT2D eigenvalue weighted by Crippen LogP contribution is 2.24. The van der Waals surface area contributed by atoms with Crippen LogP contribution in [-0.2, 0) is 6.61 Å². The number of hydrogen-bond acceptors (Lipinski definition) is 2. The first-order valence-corrected chi connectivity index (χ1v) is 6.22. The Morgan fingerprint density at radius 3 is 2.53 bits per heavy atom. The number of rotatable bonds is 4. The summed E-state index contributed by atoms with van der Waals surface area (Å²) in [5, 5.41) is 0. The Balaban J connectivity index is 1.74. The standard InChI is InChI=1S/C17H14O2/c1-2-6-14(7-3-1)13-19-16-9-4-8-15(12-16)17-10-5-11-18-17/h1-12H,13H2. The second-order valence-electron chi connectivity index (χ2n) is 4.28. The molecular weight excluding hydrogens is 236 g/mol. The highest BCUT2D eigenvalue weighted by molar-refractivity contribution is 5.59. The molecule has 0 atom stereocenters. The van der Waals surface area contributed by atoms with E-state index in [9.17, 15) is 0 Å². The number of hydrogen-bond donors (Lipinski definition) is 0. The fraction of sp³-hybridized carbons (Fsp3) is 0.0588. The van der Waals surface area contributed by atoms with Crippen molar-refractivity contribution in [2.24, 2.45) is 0 Å². The third kappa shape index (κ3) is 2.86. The molecule has 0 amide bonds. The average Bonchev–Trinajstić information content (AvgIpc) is 3.01. The van der Waals surface area contributed by atoms with Crippen LogP contribution < -0.4 is 4.74 Å². The molecular formula is C17H14O2. The van der Waals surface area contributed by atoms with Crippen LogP contribution in [0.3, 0.4) is 0 Å². The fourth-order valence-electron chi connectivity index (χ4n) is 1.92. The summed E-state index contributed by atoms with van der Waals surface area (Å²) in [4.78, 5) is 0. The minimum atomic E-state index is 0.572. The number of ether oxygens (including phenoxy) is 1. The van der Waals surface area contributed by atoms with Gasteiger partial charge in [-0.15, -0.1) is 0 Å². The second-order valence-corrected chi connectivity index (χ2v) is 4.28. The molecule has 2 aromatic carbocycles. The van der Waals surface area contributed by atoms with Crippen molar-refractivity contribution in [3.05, 3.63) is 78.6 Å². The average molecular weight is 250 g/mol. The lowest BCUT2D eigenvalue weighted by Gasteiger charge is -2.07. The van der Waals surface area contributed by atoms with Crippen LogP contribution in [-0.4, -0.2) is 0 Å². The van der Waals surface area contributed by atoms with Crippen molar-refractivity contribution in [1.82, 2.24) is 0 Å². The van der Waals surface area contributed by atoms with E-state index in [1.807, 2.05) is 54.6 Å². The van der Waals surface area contributed by atoms with Crippen LogP contribution in [0.5, 0.6) is 5.75 Å². The van der Waals surface area contributed by atoms with Gasteiger partial charge in [-0.3, -0.25) is 0 Å². The van der Waals surface area contributed by atoms with Crippen LogP contribution in [0, 0.1) is 0 Å². The van der Waals surface area contributed by atoms with Gasteiger partial charge in [0, 0.05) is 5.56 Å². The van der Waals surface area contributed by atoms with Crippen molar-refractivity contribution in [3.63, 3.8) is 0 Å². The molecule has 0 fully saturated rings. The molecule has 2 heteroatoms. The van der Waals surface area contributed by atoms with Gasteiger partial charge >= 0.3 is 0 Å². The maximum atomic E-state index is 5.79. The molecule has 0 radical (unpaired) electrons. The molecule has 0 saturated heterocycles. The van der Waals surface area contributed by atoms with Gasteiger partial charge in [-0.25, -0.2) is 0 Å². The molecule has 0 spiro atoms. The molecule has 1 aromatic heterocycles. The zero-order valence-corrected chi connectivity index (χ0v) is 10.5. The minimum absolute atomic E-state index is 0.572. The van der Waals surface area contributed by atoms with Crippen molar-refractivity contribution in [2.75, 3.05) is 0 Å². The zero-order valence-electron chi connectivity index (χ0n) is 10.5. The highest BCUT2D eigenvalue weighted by Gasteiger charge is 2.02. The van der Waals surface area contributed by atoms with E-state index in [1.165, 1.54) is 0 Å². The van der Waals surface area contributed by atoms with Gasteiger partial charge in [0.05, 0.1) is 6.26 Å². The van der Waals surface area contributed by atoms with E-state index in [4.69, 9.17) is 9.15 Å².